The summed E-state index contributed by atoms with van der Waals surface area (Å²) in [5.74, 6) is 0. The van der Waals surface area contributed by atoms with Crippen molar-refractivity contribution in [3.63, 3.8) is 0 Å². The molecule has 3 nitrogen and oxygen atoms in total. The van der Waals surface area contributed by atoms with Crippen LogP contribution >= 0.6 is 0 Å². The molecule has 0 atom stereocenters. The Bertz CT molecular complexity index is 250. The number of hydrogen-bond acceptors (Lipinski definition) is 3. The number of unbranched alkanes of at least 4 members (excludes halogenated alkanes) is 4. The van der Waals surface area contributed by atoms with Crippen molar-refractivity contribution in [3.05, 3.63) is 30.3 Å². The lowest BCUT2D eigenvalue weighted by Gasteiger charge is -1.90. The van der Waals surface area contributed by atoms with E-state index in [2.05, 4.69) is 6.92 Å². The second kappa shape index (κ2) is 16.8. The monoisotopic (exact) mass is 237 g/mol. The van der Waals surface area contributed by atoms with Gasteiger partial charge in [-0.05, 0) is 18.6 Å². The highest BCUT2D eigenvalue weighted by Gasteiger charge is 1.83. The third kappa shape index (κ3) is 17.0. The Labute approximate surface area is 104 Å². The Morgan fingerprint density at radius 2 is 1.71 bits per heavy atom. The minimum Gasteiger partial charge on any atom is -0.399 e. The van der Waals surface area contributed by atoms with Crippen LogP contribution in [0.2, 0.25) is 0 Å². The van der Waals surface area contributed by atoms with Crippen molar-refractivity contribution in [2.24, 2.45) is 0 Å². The van der Waals surface area contributed by atoms with Crippen LogP contribution in [0, 0.1) is 0 Å². The molecule has 0 saturated carbocycles. The van der Waals surface area contributed by atoms with Crippen LogP contribution < -0.4 is 5.73 Å². The minimum absolute atomic E-state index is 0.750. The van der Waals surface area contributed by atoms with Gasteiger partial charge in [-0.2, -0.15) is 0 Å². The molecule has 0 radical (unpaired) electrons. The number of rotatable bonds is 5. The molecule has 0 bridgehead atoms. The molecule has 0 unspecified atom stereocenters. The highest BCUT2D eigenvalue weighted by Crippen LogP contribution is 1.99. The third-order valence-corrected chi connectivity index (χ3v) is 1.98. The van der Waals surface area contributed by atoms with E-state index < -0.39 is 0 Å². The summed E-state index contributed by atoms with van der Waals surface area (Å²) in [5, 5.41) is 0. The fourth-order valence-electron chi connectivity index (χ4n) is 1.11. The van der Waals surface area contributed by atoms with Gasteiger partial charge in [0.25, 0.3) is 0 Å². The fraction of sp³-hybridized carbons (Fsp3) is 0.429. The zero-order chi connectivity index (χ0) is 13.4. The highest BCUT2D eigenvalue weighted by atomic mass is 16.1. The van der Waals surface area contributed by atoms with Crippen LogP contribution in [-0.2, 0) is 9.59 Å². The molecule has 0 heterocycles. The number of anilines is 1. The Balaban J connectivity index is 0. The molecule has 0 aliphatic rings. The van der Waals surface area contributed by atoms with Gasteiger partial charge in [-0.1, -0.05) is 44.4 Å². The van der Waals surface area contributed by atoms with Crippen LogP contribution in [0.15, 0.2) is 30.3 Å². The molecule has 1 aromatic rings. The number of carbonyl (C=O) groups excluding carboxylic acids is 2. The van der Waals surface area contributed by atoms with E-state index in [4.69, 9.17) is 10.5 Å². The number of benzene rings is 1. The number of nitrogens with two attached hydrogens (primary N) is 1. The summed E-state index contributed by atoms with van der Waals surface area (Å²) in [5.41, 5.74) is 6.18. The molecule has 17 heavy (non-hydrogen) atoms. The topological polar surface area (TPSA) is 60.2 Å². The number of hydrogen-bond donors (Lipinski definition) is 1. The SMILES string of the molecule is C=O.CCCCCCC=O.Nc1ccccc1. The van der Waals surface area contributed by atoms with E-state index in [1.165, 1.54) is 19.3 Å². The second-order valence-electron chi connectivity index (χ2n) is 3.43. The fourth-order valence-corrected chi connectivity index (χ4v) is 1.11. The zero-order valence-electron chi connectivity index (χ0n) is 10.6. The smallest absolute Gasteiger partial charge is 0.119 e. The molecule has 1 rings (SSSR count). The molecule has 0 aliphatic heterocycles. The number of aldehydes is 1. The lowest BCUT2D eigenvalue weighted by atomic mass is 10.2. The van der Waals surface area contributed by atoms with Crippen molar-refractivity contribution < 1.29 is 9.59 Å². The van der Waals surface area contributed by atoms with Crippen molar-refractivity contribution in [1.29, 1.82) is 0 Å². The third-order valence-electron chi connectivity index (χ3n) is 1.98. The Morgan fingerprint density at radius 1 is 1.12 bits per heavy atom. The van der Waals surface area contributed by atoms with Gasteiger partial charge in [0.2, 0.25) is 0 Å². The molecular weight excluding hydrogens is 214 g/mol. The van der Waals surface area contributed by atoms with E-state index in [0.29, 0.717) is 0 Å². The number of carbonyl (C=O) groups is 2. The summed E-state index contributed by atoms with van der Waals surface area (Å²) in [7, 11) is 0. The summed E-state index contributed by atoms with van der Waals surface area (Å²) < 4.78 is 0. The average Bonchev–Trinajstić information content (AvgIpc) is 2.39. The number of para-hydroxylation sites is 1. The van der Waals surface area contributed by atoms with Crippen molar-refractivity contribution >= 4 is 18.8 Å². The first-order valence-electron chi connectivity index (χ1n) is 5.84. The van der Waals surface area contributed by atoms with Crippen molar-refractivity contribution in [2.45, 2.75) is 39.0 Å². The summed E-state index contributed by atoms with van der Waals surface area (Å²) >= 11 is 0. The predicted molar refractivity (Wildman–Crippen MR) is 72.8 cm³/mol. The van der Waals surface area contributed by atoms with Crippen LogP contribution in [0.4, 0.5) is 5.69 Å². The van der Waals surface area contributed by atoms with Crippen LogP contribution in [0.25, 0.3) is 0 Å². The predicted octanol–water partition coefficient (Wildman–Crippen LogP) is 3.24. The van der Waals surface area contributed by atoms with Crippen LogP contribution in [0.5, 0.6) is 0 Å². The van der Waals surface area contributed by atoms with Crippen LogP contribution in [-0.4, -0.2) is 13.1 Å². The van der Waals surface area contributed by atoms with Crippen molar-refractivity contribution in [2.75, 3.05) is 5.73 Å². The van der Waals surface area contributed by atoms with Crippen molar-refractivity contribution in [3.8, 4) is 0 Å². The molecule has 0 aromatic heterocycles. The molecule has 0 saturated heterocycles. The van der Waals surface area contributed by atoms with E-state index in [1.807, 2.05) is 37.1 Å². The van der Waals surface area contributed by atoms with Crippen LogP contribution in [0.1, 0.15) is 39.0 Å². The highest BCUT2D eigenvalue weighted by molar-refractivity contribution is 5.48. The normalized spacial score (nSPS) is 8.06. The van der Waals surface area contributed by atoms with Gasteiger partial charge in [0.05, 0.1) is 0 Å². The first-order valence-corrected chi connectivity index (χ1v) is 5.84. The van der Waals surface area contributed by atoms with Crippen molar-refractivity contribution in [1.82, 2.24) is 0 Å². The van der Waals surface area contributed by atoms with Gasteiger partial charge < -0.3 is 15.3 Å². The maximum atomic E-state index is 9.77. The van der Waals surface area contributed by atoms with E-state index in [9.17, 15) is 4.79 Å². The molecule has 0 spiro atoms. The van der Waals surface area contributed by atoms with Crippen LogP contribution in [0.3, 0.4) is 0 Å². The molecule has 1 aromatic carbocycles. The maximum Gasteiger partial charge on any atom is 0.119 e. The molecule has 0 fully saturated rings. The summed E-state index contributed by atoms with van der Waals surface area (Å²) in [6.07, 6.45) is 6.56. The maximum absolute atomic E-state index is 9.77. The number of nitrogen functional groups attached to an aromatic ring is 1. The summed E-state index contributed by atoms with van der Waals surface area (Å²) in [4.78, 5) is 17.8. The van der Waals surface area contributed by atoms with E-state index in [-0.39, 0.29) is 0 Å². The molecular formula is C14H23NO2. The molecule has 96 valence electrons. The first-order chi connectivity index (χ1) is 8.31. The van der Waals surface area contributed by atoms with E-state index in [0.717, 1.165) is 24.8 Å². The van der Waals surface area contributed by atoms with Gasteiger partial charge in [-0.25, -0.2) is 0 Å². The Kier molecular flexibility index (Phi) is 17.5. The second-order valence-corrected chi connectivity index (χ2v) is 3.43. The van der Waals surface area contributed by atoms with Gasteiger partial charge in [-0.3, -0.25) is 0 Å². The van der Waals surface area contributed by atoms with Gasteiger partial charge >= 0.3 is 0 Å². The average molecular weight is 237 g/mol. The van der Waals surface area contributed by atoms with Gasteiger partial charge in [0, 0.05) is 12.1 Å². The van der Waals surface area contributed by atoms with E-state index in [1.54, 1.807) is 0 Å². The quantitative estimate of drug-likeness (QED) is 0.486. The standard InChI is InChI=1S/C7H14O.C6H7N.CH2O/c1-2-3-4-5-6-7-8;7-6-4-2-1-3-5-6;1-2/h7H,2-6H2,1H3;1-5H,7H2;1H2. The molecule has 3 heteroatoms. The van der Waals surface area contributed by atoms with Gasteiger partial charge in [0.1, 0.15) is 13.1 Å². The molecule has 0 amide bonds. The molecule has 0 aliphatic carbocycles. The van der Waals surface area contributed by atoms with Gasteiger partial charge in [0.15, 0.2) is 0 Å². The Hall–Kier alpha value is -1.64. The van der Waals surface area contributed by atoms with E-state index >= 15 is 0 Å². The van der Waals surface area contributed by atoms with Gasteiger partial charge in [-0.15, -0.1) is 0 Å². The summed E-state index contributed by atoms with van der Waals surface area (Å²) in [6, 6.07) is 9.49. The lowest BCUT2D eigenvalue weighted by Crippen LogP contribution is -1.79. The largest absolute Gasteiger partial charge is 0.399 e. The molecule has 2 N–H and O–H groups in total. The lowest BCUT2D eigenvalue weighted by molar-refractivity contribution is -0.108. The minimum atomic E-state index is 0.750. The first kappa shape index (κ1) is 17.7. The summed E-state index contributed by atoms with van der Waals surface area (Å²) in [6.45, 7) is 4.17. The zero-order valence-corrected chi connectivity index (χ0v) is 10.6. The Morgan fingerprint density at radius 3 is 2.06 bits per heavy atom.